The molecule has 0 atom stereocenters. The second-order valence-electron chi connectivity index (χ2n) is 5.95. The number of halogens is 4. The van der Waals surface area contributed by atoms with Gasteiger partial charge in [-0.3, -0.25) is 0 Å². The maximum absolute atomic E-state index is 14.3. The number of hydrogen-bond donors (Lipinski definition) is 0. The first-order chi connectivity index (χ1) is 12.6. The molecule has 27 heavy (non-hydrogen) atoms. The number of aromatic nitrogens is 1. The number of hydrogen-bond acceptors (Lipinski definition) is 4. The van der Waals surface area contributed by atoms with Crippen molar-refractivity contribution >= 4 is 25.8 Å². The van der Waals surface area contributed by atoms with Crippen LogP contribution in [0, 0.1) is 12.7 Å². The molecule has 9 heteroatoms. The second-order valence-corrected chi connectivity index (χ2v) is 8.79. The first kappa shape index (κ1) is 19.6. The lowest BCUT2D eigenvalue weighted by Gasteiger charge is -2.08. The van der Waals surface area contributed by atoms with Crippen LogP contribution in [0.1, 0.15) is 17.7 Å². The first-order valence-corrected chi connectivity index (χ1v) is 10.3. The summed E-state index contributed by atoms with van der Waals surface area (Å²) in [6, 6.07) is 8.32. The van der Waals surface area contributed by atoms with E-state index in [1.54, 1.807) is 18.2 Å². The molecule has 0 saturated heterocycles. The summed E-state index contributed by atoms with van der Waals surface area (Å²) in [5.74, 6) is -1.75. The summed E-state index contributed by atoms with van der Waals surface area (Å²) >= 11 is 3.37. The zero-order valence-corrected chi connectivity index (χ0v) is 16.5. The Morgan fingerprint density at radius 2 is 1.78 bits per heavy atom. The molecule has 0 unspecified atom stereocenters. The predicted octanol–water partition coefficient (Wildman–Crippen LogP) is 5.56. The van der Waals surface area contributed by atoms with Gasteiger partial charge in [-0.2, -0.15) is 0 Å². The molecule has 0 radical (unpaired) electrons. The Bertz CT molecular complexity index is 1130. The van der Waals surface area contributed by atoms with Crippen LogP contribution in [0.25, 0.3) is 22.4 Å². The van der Waals surface area contributed by atoms with Crippen LogP contribution in [0.3, 0.4) is 0 Å². The number of alkyl halides is 2. The summed E-state index contributed by atoms with van der Waals surface area (Å²) in [4.78, 5) is -0.513. The zero-order chi connectivity index (χ0) is 19.9. The Balaban J connectivity index is 2.24. The molecule has 0 amide bonds. The van der Waals surface area contributed by atoms with Gasteiger partial charge in [0.25, 0.3) is 6.43 Å². The molecule has 0 saturated carbocycles. The summed E-state index contributed by atoms with van der Waals surface area (Å²) in [5.41, 5.74) is 1.49. The van der Waals surface area contributed by atoms with E-state index < -0.39 is 32.7 Å². The highest BCUT2D eigenvalue weighted by atomic mass is 79.9. The van der Waals surface area contributed by atoms with E-state index in [-0.39, 0.29) is 16.8 Å². The van der Waals surface area contributed by atoms with Gasteiger partial charge in [0.1, 0.15) is 16.4 Å². The maximum Gasteiger partial charge on any atom is 0.298 e. The monoisotopic (exact) mass is 459 g/mol. The Morgan fingerprint density at radius 1 is 1.11 bits per heavy atom. The van der Waals surface area contributed by atoms with Gasteiger partial charge in [0, 0.05) is 16.3 Å². The standard InChI is InChI=1S/C18H13BrF3NO3S/c1-9-3-4-11(7-12(9)19)16-15(17(18(21)22)26-23-16)10-5-6-14(13(20)8-10)27(2,24)25/h3-8,18H,1-2H3. The Labute approximate surface area is 162 Å². The molecule has 0 bridgehead atoms. The van der Waals surface area contributed by atoms with Gasteiger partial charge in [-0.1, -0.05) is 39.3 Å². The van der Waals surface area contributed by atoms with E-state index in [0.29, 0.717) is 5.56 Å². The van der Waals surface area contributed by atoms with E-state index in [1.165, 1.54) is 6.07 Å². The lowest BCUT2D eigenvalue weighted by Crippen LogP contribution is -2.01. The largest absolute Gasteiger partial charge is 0.354 e. The third-order valence-corrected chi connectivity index (χ3v) is 5.97. The molecule has 0 fully saturated rings. The topological polar surface area (TPSA) is 60.2 Å². The van der Waals surface area contributed by atoms with Crippen LogP contribution in [0.15, 0.2) is 50.3 Å². The third kappa shape index (κ3) is 3.79. The molecule has 3 rings (SSSR count). The summed E-state index contributed by atoms with van der Waals surface area (Å²) in [7, 11) is -3.79. The zero-order valence-electron chi connectivity index (χ0n) is 14.1. The molecule has 0 aliphatic carbocycles. The van der Waals surface area contributed by atoms with Gasteiger partial charge in [0.15, 0.2) is 9.84 Å². The lowest BCUT2D eigenvalue weighted by molar-refractivity contribution is 0.113. The second kappa shape index (κ2) is 7.12. The SMILES string of the molecule is Cc1ccc(-c2noc(C(F)F)c2-c2ccc(S(C)(=O)=O)c(F)c2)cc1Br. The van der Waals surface area contributed by atoms with Crippen LogP contribution < -0.4 is 0 Å². The molecule has 1 heterocycles. The fourth-order valence-electron chi connectivity index (χ4n) is 2.62. The van der Waals surface area contributed by atoms with E-state index in [0.717, 1.165) is 28.4 Å². The van der Waals surface area contributed by atoms with Gasteiger partial charge in [0.2, 0.25) is 5.76 Å². The number of rotatable bonds is 4. The van der Waals surface area contributed by atoms with Crippen molar-refractivity contribution in [1.82, 2.24) is 5.16 Å². The van der Waals surface area contributed by atoms with Gasteiger partial charge in [-0.15, -0.1) is 0 Å². The van der Waals surface area contributed by atoms with Gasteiger partial charge in [-0.05, 0) is 36.2 Å². The summed E-state index contributed by atoms with van der Waals surface area (Å²) in [6.07, 6.45) is -2.11. The minimum Gasteiger partial charge on any atom is -0.354 e. The molecular formula is C18H13BrF3NO3S. The Kier molecular flexibility index (Phi) is 5.18. The van der Waals surface area contributed by atoms with Crippen molar-refractivity contribution in [2.75, 3.05) is 6.26 Å². The molecule has 1 aromatic heterocycles. The number of benzene rings is 2. The molecule has 0 aliphatic heterocycles. The van der Waals surface area contributed by atoms with Crippen molar-refractivity contribution < 1.29 is 26.1 Å². The molecule has 3 aromatic rings. The van der Waals surface area contributed by atoms with E-state index in [2.05, 4.69) is 21.1 Å². The Hall–Kier alpha value is -2.13. The Morgan fingerprint density at radius 3 is 2.33 bits per heavy atom. The third-order valence-electron chi connectivity index (χ3n) is 3.98. The van der Waals surface area contributed by atoms with Gasteiger partial charge in [0.05, 0.1) is 5.56 Å². The van der Waals surface area contributed by atoms with Gasteiger partial charge < -0.3 is 4.52 Å². The minimum atomic E-state index is -3.79. The quantitative estimate of drug-likeness (QED) is 0.512. The number of nitrogens with zero attached hydrogens (tertiary/aromatic N) is 1. The van der Waals surface area contributed by atoms with E-state index in [9.17, 15) is 21.6 Å². The van der Waals surface area contributed by atoms with Crippen LogP contribution in [0.4, 0.5) is 13.2 Å². The fourth-order valence-corrected chi connectivity index (χ4v) is 3.73. The van der Waals surface area contributed by atoms with E-state index in [4.69, 9.17) is 4.52 Å². The lowest BCUT2D eigenvalue weighted by atomic mass is 9.98. The van der Waals surface area contributed by atoms with Crippen LogP contribution in [-0.2, 0) is 9.84 Å². The van der Waals surface area contributed by atoms with Gasteiger partial charge in [-0.25, -0.2) is 21.6 Å². The highest BCUT2D eigenvalue weighted by Crippen LogP contribution is 2.40. The highest BCUT2D eigenvalue weighted by Gasteiger charge is 2.27. The number of sulfone groups is 1. The normalized spacial score (nSPS) is 12.0. The van der Waals surface area contributed by atoms with Crippen molar-refractivity contribution in [2.24, 2.45) is 0 Å². The molecule has 4 nitrogen and oxygen atoms in total. The van der Waals surface area contributed by atoms with Crippen molar-refractivity contribution in [1.29, 1.82) is 0 Å². The summed E-state index contributed by atoms with van der Waals surface area (Å²) < 4.78 is 69.9. The molecular weight excluding hydrogens is 447 g/mol. The molecule has 142 valence electrons. The van der Waals surface area contributed by atoms with Crippen LogP contribution in [0.2, 0.25) is 0 Å². The maximum atomic E-state index is 14.3. The first-order valence-electron chi connectivity index (χ1n) is 7.64. The van der Waals surface area contributed by atoms with Crippen molar-refractivity contribution in [3.05, 3.63) is 58.0 Å². The summed E-state index contributed by atoms with van der Waals surface area (Å²) in [5, 5.41) is 3.74. The average molecular weight is 460 g/mol. The van der Waals surface area contributed by atoms with Crippen LogP contribution in [0.5, 0.6) is 0 Å². The summed E-state index contributed by atoms with van der Waals surface area (Å²) in [6.45, 7) is 1.86. The van der Waals surface area contributed by atoms with Crippen molar-refractivity contribution in [2.45, 2.75) is 18.2 Å². The molecule has 2 aromatic carbocycles. The van der Waals surface area contributed by atoms with Gasteiger partial charge >= 0.3 is 0 Å². The fraction of sp³-hybridized carbons (Fsp3) is 0.167. The minimum absolute atomic E-state index is 0.0446. The predicted molar refractivity (Wildman–Crippen MR) is 97.8 cm³/mol. The molecule has 0 spiro atoms. The van der Waals surface area contributed by atoms with Crippen molar-refractivity contribution in [3.8, 4) is 22.4 Å². The van der Waals surface area contributed by atoms with Crippen molar-refractivity contribution in [3.63, 3.8) is 0 Å². The van der Waals surface area contributed by atoms with E-state index in [1.807, 2.05) is 6.92 Å². The van der Waals surface area contributed by atoms with E-state index >= 15 is 0 Å². The molecule has 0 aliphatic rings. The number of aryl methyl sites for hydroxylation is 1. The highest BCUT2D eigenvalue weighted by molar-refractivity contribution is 9.10. The molecule has 0 N–H and O–H groups in total. The average Bonchev–Trinajstić information content (AvgIpc) is 3.01. The van der Waals surface area contributed by atoms with Crippen LogP contribution in [-0.4, -0.2) is 19.8 Å². The smallest absolute Gasteiger partial charge is 0.298 e. The van der Waals surface area contributed by atoms with Crippen LogP contribution >= 0.6 is 15.9 Å².